The zero-order chi connectivity index (χ0) is 13.1. The maximum atomic E-state index is 11.9. The van der Waals surface area contributed by atoms with Crippen LogP contribution < -0.4 is 5.32 Å². The molecule has 0 aromatic carbocycles. The van der Waals surface area contributed by atoms with Crippen LogP contribution in [0.5, 0.6) is 0 Å². The molecule has 2 atom stereocenters. The summed E-state index contributed by atoms with van der Waals surface area (Å²) in [4.78, 5) is 17.7. The Balaban J connectivity index is 1.84. The molecule has 1 heterocycles. The van der Waals surface area contributed by atoms with Crippen molar-refractivity contribution in [1.82, 2.24) is 9.88 Å². The van der Waals surface area contributed by atoms with Gasteiger partial charge in [-0.1, -0.05) is 6.42 Å². The Hall–Kier alpha value is -1.14. The Morgan fingerprint density at radius 3 is 3.00 bits per heavy atom. The van der Waals surface area contributed by atoms with Gasteiger partial charge < -0.3 is 10.0 Å². The number of anilines is 1. The number of aromatic nitrogens is 1. The number of hydrogen-bond acceptors (Lipinski definition) is 4. The highest BCUT2D eigenvalue weighted by atomic mass is 32.1. The van der Waals surface area contributed by atoms with Crippen LogP contribution in [0.3, 0.4) is 0 Å². The molecule has 0 bridgehead atoms. The van der Waals surface area contributed by atoms with E-state index in [1.54, 1.807) is 11.9 Å². The number of thiazole rings is 1. The van der Waals surface area contributed by atoms with E-state index in [0.29, 0.717) is 11.7 Å². The van der Waals surface area contributed by atoms with Gasteiger partial charge in [-0.25, -0.2) is 9.78 Å². The second-order valence-electron chi connectivity index (χ2n) is 4.86. The number of carbonyl (C=O) groups is 1. The molecule has 18 heavy (non-hydrogen) atoms. The van der Waals surface area contributed by atoms with E-state index in [2.05, 4.69) is 10.3 Å². The van der Waals surface area contributed by atoms with Gasteiger partial charge in [-0.3, -0.25) is 5.32 Å². The molecule has 1 fully saturated rings. The molecule has 100 valence electrons. The van der Waals surface area contributed by atoms with E-state index < -0.39 is 0 Å². The number of rotatable bonds is 3. The van der Waals surface area contributed by atoms with Crippen LogP contribution >= 0.6 is 11.3 Å². The molecule has 0 saturated heterocycles. The average molecular weight is 269 g/mol. The zero-order valence-corrected chi connectivity index (χ0v) is 11.5. The van der Waals surface area contributed by atoms with Gasteiger partial charge in [-0.15, -0.1) is 11.3 Å². The van der Waals surface area contributed by atoms with E-state index >= 15 is 0 Å². The van der Waals surface area contributed by atoms with Crippen molar-refractivity contribution in [3.05, 3.63) is 11.1 Å². The van der Waals surface area contributed by atoms with Gasteiger partial charge in [0.05, 0.1) is 11.8 Å². The molecule has 2 unspecified atom stereocenters. The first-order valence-corrected chi connectivity index (χ1v) is 7.06. The number of urea groups is 1. The van der Waals surface area contributed by atoms with E-state index in [9.17, 15) is 9.90 Å². The molecule has 0 aliphatic heterocycles. The van der Waals surface area contributed by atoms with Crippen LogP contribution in [0.1, 0.15) is 25.0 Å². The molecular weight excluding hydrogens is 250 g/mol. The first-order chi connectivity index (χ1) is 8.56. The molecule has 1 aliphatic rings. The van der Waals surface area contributed by atoms with E-state index in [1.165, 1.54) is 11.3 Å². The molecule has 1 aliphatic carbocycles. The molecule has 2 amide bonds. The first kappa shape index (κ1) is 13.3. The van der Waals surface area contributed by atoms with Gasteiger partial charge in [0.15, 0.2) is 5.13 Å². The van der Waals surface area contributed by atoms with E-state index in [4.69, 9.17) is 0 Å². The summed E-state index contributed by atoms with van der Waals surface area (Å²) in [7, 11) is 1.75. The van der Waals surface area contributed by atoms with Crippen LogP contribution in [-0.2, 0) is 0 Å². The van der Waals surface area contributed by atoms with E-state index in [1.807, 2.05) is 12.3 Å². The highest BCUT2D eigenvalue weighted by Crippen LogP contribution is 2.26. The summed E-state index contributed by atoms with van der Waals surface area (Å²) in [5.41, 5.74) is 0.907. The van der Waals surface area contributed by atoms with Crippen LogP contribution in [0, 0.1) is 12.8 Å². The lowest BCUT2D eigenvalue weighted by Gasteiger charge is -2.23. The predicted molar refractivity (Wildman–Crippen MR) is 71.8 cm³/mol. The lowest BCUT2D eigenvalue weighted by molar-refractivity contribution is 0.116. The van der Waals surface area contributed by atoms with Gasteiger partial charge in [-0.2, -0.15) is 0 Å². The number of nitrogens with one attached hydrogen (secondary N) is 1. The lowest BCUT2D eigenvalue weighted by Crippen LogP contribution is -2.37. The van der Waals surface area contributed by atoms with Crippen LogP contribution in [0.2, 0.25) is 0 Å². The van der Waals surface area contributed by atoms with Crippen molar-refractivity contribution in [2.24, 2.45) is 5.92 Å². The summed E-state index contributed by atoms with van der Waals surface area (Å²) in [5.74, 6) is 0.207. The number of hydrogen-bond donors (Lipinski definition) is 2. The smallest absolute Gasteiger partial charge is 0.323 e. The molecule has 5 nitrogen and oxygen atoms in total. The third-order valence-corrected chi connectivity index (χ3v) is 4.18. The number of aliphatic hydroxyl groups excluding tert-OH is 1. The Kier molecular flexibility index (Phi) is 4.19. The molecular formula is C12H19N3O2S. The van der Waals surface area contributed by atoms with Crippen LogP contribution in [0.4, 0.5) is 9.93 Å². The Labute approximate surface area is 111 Å². The zero-order valence-electron chi connectivity index (χ0n) is 10.7. The third kappa shape index (κ3) is 3.20. The highest BCUT2D eigenvalue weighted by molar-refractivity contribution is 7.13. The van der Waals surface area contributed by atoms with Crippen molar-refractivity contribution in [2.75, 3.05) is 18.9 Å². The lowest BCUT2D eigenvalue weighted by atomic mass is 10.1. The minimum Gasteiger partial charge on any atom is -0.393 e. The molecule has 6 heteroatoms. The van der Waals surface area contributed by atoms with Gasteiger partial charge in [-0.05, 0) is 19.8 Å². The SMILES string of the molecule is Cc1csc(NC(=O)N(C)CC2CCCC2O)n1. The second kappa shape index (κ2) is 5.67. The van der Waals surface area contributed by atoms with E-state index in [-0.39, 0.29) is 18.1 Å². The monoisotopic (exact) mass is 269 g/mol. The highest BCUT2D eigenvalue weighted by Gasteiger charge is 2.27. The summed E-state index contributed by atoms with van der Waals surface area (Å²) >= 11 is 1.42. The van der Waals surface area contributed by atoms with Crippen molar-refractivity contribution in [1.29, 1.82) is 0 Å². The number of carbonyl (C=O) groups excluding carboxylic acids is 1. The fourth-order valence-corrected chi connectivity index (χ4v) is 2.94. The molecule has 1 aromatic heterocycles. The molecule has 2 N–H and O–H groups in total. The summed E-state index contributed by atoms with van der Waals surface area (Å²) in [6, 6.07) is -0.163. The Bertz CT molecular complexity index is 421. The van der Waals surface area contributed by atoms with E-state index in [0.717, 1.165) is 25.0 Å². The van der Waals surface area contributed by atoms with Crippen molar-refractivity contribution >= 4 is 22.5 Å². The maximum Gasteiger partial charge on any atom is 0.323 e. The fraction of sp³-hybridized carbons (Fsp3) is 0.667. The van der Waals surface area contributed by atoms with Crippen molar-refractivity contribution in [3.63, 3.8) is 0 Å². The summed E-state index contributed by atoms with van der Waals surface area (Å²) in [6.45, 7) is 2.49. The van der Waals surface area contributed by atoms with Crippen LogP contribution in [-0.4, -0.2) is 40.7 Å². The molecule has 0 radical (unpaired) electrons. The summed E-state index contributed by atoms with van der Waals surface area (Å²) in [5, 5.41) is 15.0. The topological polar surface area (TPSA) is 65.5 Å². The first-order valence-electron chi connectivity index (χ1n) is 6.18. The molecule has 2 rings (SSSR count). The van der Waals surface area contributed by atoms with Gasteiger partial charge in [0.2, 0.25) is 0 Å². The summed E-state index contributed by atoms with van der Waals surface area (Å²) in [6.07, 6.45) is 2.64. The Morgan fingerprint density at radius 2 is 2.44 bits per heavy atom. The molecule has 0 spiro atoms. The summed E-state index contributed by atoms with van der Waals surface area (Å²) < 4.78 is 0. The minimum atomic E-state index is -0.262. The van der Waals surface area contributed by atoms with Gasteiger partial charge in [0, 0.05) is 24.9 Å². The average Bonchev–Trinajstić information content (AvgIpc) is 2.89. The number of nitrogens with zero attached hydrogens (tertiary/aromatic N) is 2. The number of aliphatic hydroxyl groups is 1. The fourth-order valence-electron chi connectivity index (χ4n) is 2.26. The Morgan fingerprint density at radius 1 is 1.67 bits per heavy atom. The molecule has 1 aromatic rings. The van der Waals surface area contributed by atoms with Gasteiger partial charge >= 0.3 is 6.03 Å². The largest absolute Gasteiger partial charge is 0.393 e. The number of aryl methyl sites for hydroxylation is 1. The standard InChI is InChI=1S/C12H19N3O2S/c1-8-7-18-11(13-8)14-12(17)15(2)6-9-4-3-5-10(9)16/h7,9-10,16H,3-6H2,1-2H3,(H,13,14,17). The van der Waals surface area contributed by atoms with Crippen LogP contribution in [0.25, 0.3) is 0 Å². The maximum absolute atomic E-state index is 11.9. The predicted octanol–water partition coefficient (Wildman–Crippen LogP) is 2.08. The third-order valence-electron chi connectivity index (χ3n) is 3.31. The normalized spacial score (nSPS) is 23.1. The van der Waals surface area contributed by atoms with Crippen molar-refractivity contribution in [2.45, 2.75) is 32.3 Å². The van der Waals surface area contributed by atoms with Gasteiger partial charge in [0.25, 0.3) is 0 Å². The molecule has 1 saturated carbocycles. The van der Waals surface area contributed by atoms with Crippen molar-refractivity contribution in [3.8, 4) is 0 Å². The second-order valence-corrected chi connectivity index (χ2v) is 5.72. The quantitative estimate of drug-likeness (QED) is 0.883. The van der Waals surface area contributed by atoms with Gasteiger partial charge in [0.1, 0.15) is 0 Å². The van der Waals surface area contributed by atoms with Crippen molar-refractivity contribution < 1.29 is 9.90 Å². The minimum absolute atomic E-state index is 0.163. The number of amides is 2. The van der Waals surface area contributed by atoms with Crippen LogP contribution in [0.15, 0.2) is 5.38 Å².